The minimum atomic E-state index is -0.360. The molecule has 2 rings (SSSR count). The number of ether oxygens (including phenoxy) is 2. The van der Waals surface area contributed by atoms with E-state index >= 15 is 0 Å². The molecule has 6 nitrogen and oxygen atoms in total. The number of nitrogens with zero attached hydrogens (tertiary/aromatic N) is 2. The second-order valence-electron chi connectivity index (χ2n) is 5.06. The summed E-state index contributed by atoms with van der Waals surface area (Å²) in [5.74, 6) is 0.447. The van der Waals surface area contributed by atoms with Gasteiger partial charge in [0.05, 0.1) is 29.6 Å². The van der Waals surface area contributed by atoms with Crippen LogP contribution >= 0.6 is 27.3 Å². The molecule has 0 aliphatic carbocycles. The van der Waals surface area contributed by atoms with Crippen LogP contribution in [0.5, 0.6) is 5.75 Å². The van der Waals surface area contributed by atoms with E-state index in [1.807, 2.05) is 18.2 Å². The quantitative estimate of drug-likeness (QED) is 0.379. The highest BCUT2D eigenvalue weighted by Gasteiger charge is 2.15. The van der Waals surface area contributed by atoms with Crippen LogP contribution in [0.1, 0.15) is 41.2 Å². The van der Waals surface area contributed by atoms with Crippen molar-refractivity contribution >= 4 is 44.6 Å². The molecule has 0 unspecified atom stereocenters. The summed E-state index contributed by atoms with van der Waals surface area (Å²) < 4.78 is 11.5. The number of halogens is 1. The number of carbonyl (C=O) groups is 1. The van der Waals surface area contributed by atoms with Crippen molar-refractivity contribution in [3.8, 4) is 5.75 Å². The lowest BCUT2D eigenvalue weighted by molar-refractivity contribution is 0.0531. The van der Waals surface area contributed by atoms with Gasteiger partial charge < -0.3 is 9.47 Å². The molecule has 0 aliphatic rings. The van der Waals surface area contributed by atoms with Crippen LogP contribution < -0.4 is 10.2 Å². The van der Waals surface area contributed by atoms with Gasteiger partial charge in [0, 0.05) is 0 Å². The van der Waals surface area contributed by atoms with Gasteiger partial charge in [0.15, 0.2) is 0 Å². The van der Waals surface area contributed by atoms with Crippen LogP contribution in [0.15, 0.2) is 27.8 Å². The molecule has 0 spiro atoms. The molecular formula is C17H20BrN3O3S. The van der Waals surface area contributed by atoms with Crippen molar-refractivity contribution in [2.75, 3.05) is 18.6 Å². The fourth-order valence-electron chi connectivity index (χ4n) is 1.92. The topological polar surface area (TPSA) is 72.8 Å². The molecule has 0 saturated carbocycles. The predicted molar refractivity (Wildman–Crippen MR) is 104 cm³/mol. The number of rotatable bonds is 8. The van der Waals surface area contributed by atoms with E-state index in [1.54, 1.807) is 20.1 Å². The number of hydrazone groups is 1. The fourth-order valence-corrected chi connectivity index (χ4v) is 3.24. The summed E-state index contributed by atoms with van der Waals surface area (Å²) in [6.45, 7) is 6.62. The highest BCUT2D eigenvalue weighted by molar-refractivity contribution is 9.10. The van der Waals surface area contributed by atoms with E-state index in [9.17, 15) is 4.79 Å². The molecule has 1 aromatic heterocycles. The summed E-state index contributed by atoms with van der Waals surface area (Å²) in [5, 5.41) is 4.70. The zero-order valence-electron chi connectivity index (χ0n) is 14.3. The first kappa shape index (κ1) is 19.4. The van der Waals surface area contributed by atoms with E-state index in [1.165, 1.54) is 11.3 Å². The third-order valence-electron chi connectivity index (χ3n) is 3.05. The lowest BCUT2D eigenvalue weighted by Crippen LogP contribution is -2.03. The van der Waals surface area contributed by atoms with Crippen LogP contribution in [0.4, 0.5) is 5.13 Å². The highest BCUT2D eigenvalue weighted by atomic mass is 79.9. The SMILES string of the molecule is CCCOc1ccc(/C=N\Nc2nc(C)c(C(=O)OCC)s2)cc1Br. The van der Waals surface area contributed by atoms with Crippen molar-refractivity contribution in [2.45, 2.75) is 27.2 Å². The van der Waals surface area contributed by atoms with E-state index in [0.717, 1.165) is 22.2 Å². The van der Waals surface area contributed by atoms with E-state index < -0.39 is 0 Å². The smallest absolute Gasteiger partial charge is 0.350 e. The maximum atomic E-state index is 11.8. The molecule has 0 radical (unpaired) electrons. The highest BCUT2D eigenvalue weighted by Crippen LogP contribution is 2.26. The lowest BCUT2D eigenvalue weighted by Gasteiger charge is -2.07. The van der Waals surface area contributed by atoms with E-state index in [0.29, 0.717) is 28.9 Å². The number of hydrogen-bond donors (Lipinski definition) is 1. The summed E-state index contributed by atoms with van der Waals surface area (Å²) in [5.41, 5.74) is 4.37. The standard InChI is InChI=1S/C17H20BrN3O3S/c1-4-8-24-14-7-6-12(9-13(14)18)10-19-21-17-20-11(3)15(25-17)16(22)23-5-2/h6-7,9-10H,4-5,8H2,1-3H3,(H,20,21)/b19-10-. The zero-order chi connectivity index (χ0) is 18.2. The maximum Gasteiger partial charge on any atom is 0.350 e. The van der Waals surface area contributed by atoms with Crippen LogP contribution in [0.25, 0.3) is 0 Å². The van der Waals surface area contributed by atoms with E-state index in [4.69, 9.17) is 9.47 Å². The van der Waals surface area contributed by atoms with Gasteiger partial charge in [-0.1, -0.05) is 18.3 Å². The Morgan fingerprint density at radius 3 is 2.92 bits per heavy atom. The normalized spacial score (nSPS) is 10.9. The van der Waals surface area contributed by atoms with Crippen LogP contribution in [0.3, 0.4) is 0 Å². The second-order valence-corrected chi connectivity index (χ2v) is 6.92. The molecule has 1 aromatic carbocycles. The molecule has 8 heteroatoms. The van der Waals surface area contributed by atoms with Gasteiger partial charge in [-0.15, -0.1) is 0 Å². The zero-order valence-corrected chi connectivity index (χ0v) is 16.7. The van der Waals surface area contributed by atoms with Gasteiger partial charge >= 0.3 is 5.97 Å². The number of hydrogen-bond acceptors (Lipinski definition) is 7. The molecule has 0 saturated heterocycles. The van der Waals surface area contributed by atoms with Crippen molar-refractivity contribution in [3.05, 3.63) is 38.8 Å². The predicted octanol–water partition coefficient (Wildman–Crippen LogP) is 4.63. The first-order valence-electron chi connectivity index (χ1n) is 7.91. The van der Waals surface area contributed by atoms with Crippen LogP contribution in [-0.4, -0.2) is 30.4 Å². The fraction of sp³-hybridized carbons (Fsp3) is 0.353. The Morgan fingerprint density at radius 1 is 1.44 bits per heavy atom. The van der Waals surface area contributed by atoms with Gasteiger partial charge in [-0.25, -0.2) is 9.78 Å². The van der Waals surface area contributed by atoms with Gasteiger partial charge in [0.1, 0.15) is 10.6 Å². The Morgan fingerprint density at radius 2 is 2.24 bits per heavy atom. The number of thiazole rings is 1. The summed E-state index contributed by atoms with van der Waals surface area (Å²) in [4.78, 5) is 16.5. The Labute approximate surface area is 159 Å². The molecule has 25 heavy (non-hydrogen) atoms. The van der Waals surface area contributed by atoms with Crippen molar-refractivity contribution in [2.24, 2.45) is 5.10 Å². The van der Waals surface area contributed by atoms with Gasteiger partial charge in [-0.2, -0.15) is 5.10 Å². The van der Waals surface area contributed by atoms with Gasteiger partial charge in [0.2, 0.25) is 5.13 Å². The number of nitrogens with one attached hydrogen (secondary N) is 1. The first-order valence-corrected chi connectivity index (χ1v) is 9.52. The maximum absolute atomic E-state index is 11.8. The Bertz CT molecular complexity index is 762. The molecule has 0 atom stereocenters. The number of esters is 1. The van der Waals surface area contributed by atoms with Gasteiger partial charge in [0.25, 0.3) is 0 Å². The number of carbonyl (C=O) groups excluding carboxylic acids is 1. The molecule has 2 aromatic rings. The van der Waals surface area contributed by atoms with Crippen LogP contribution in [-0.2, 0) is 4.74 Å². The summed E-state index contributed by atoms with van der Waals surface area (Å²) in [6, 6.07) is 5.74. The minimum Gasteiger partial charge on any atom is -0.492 e. The number of aryl methyl sites for hydroxylation is 1. The summed E-state index contributed by atoms with van der Waals surface area (Å²) >= 11 is 4.71. The van der Waals surface area contributed by atoms with Gasteiger partial charge in [-0.05, 0) is 60.0 Å². The Kier molecular flexibility index (Phi) is 7.39. The average Bonchev–Trinajstić information content (AvgIpc) is 2.95. The molecule has 0 fully saturated rings. The third kappa shape index (κ3) is 5.54. The molecule has 0 amide bonds. The number of aromatic nitrogens is 1. The lowest BCUT2D eigenvalue weighted by atomic mass is 10.2. The van der Waals surface area contributed by atoms with Crippen molar-refractivity contribution in [1.82, 2.24) is 4.98 Å². The van der Waals surface area contributed by atoms with Gasteiger partial charge in [-0.3, -0.25) is 5.43 Å². The average molecular weight is 426 g/mol. The first-order chi connectivity index (χ1) is 12.0. The van der Waals surface area contributed by atoms with E-state index in [-0.39, 0.29) is 5.97 Å². The Balaban J connectivity index is 2.00. The minimum absolute atomic E-state index is 0.337. The van der Waals surface area contributed by atoms with Crippen molar-refractivity contribution in [3.63, 3.8) is 0 Å². The second kappa shape index (κ2) is 9.53. The molecule has 1 heterocycles. The summed E-state index contributed by atoms with van der Waals surface area (Å²) in [7, 11) is 0. The van der Waals surface area contributed by atoms with Crippen LogP contribution in [0, 0.1) is 6.92 Å². The molecular weight excluding hydrogens is 406 g/mol. The van der Waals surface area contributed by atoms with Crippen molar-refractivity contribution in [1.29, 1.82) is 0 Å². The molecule has 134 valence electrons. The monoisotopic (exact) mass is 425 g/mol. The van der Waals surface area contributed by atoms with E-state index in [2.05, 4.69) is 38.4 Å². The third-order valence-corrected chi connectivity index (χ3v) is 4.71. The largest absolute Gasteiger partial charge is 0.492 e. The number of anilines is 1. The molecule has 1 N–H and O–H groups in total. The Hall–Kier alpha value is -1.93. The molecule has 0 aliphatic heterocycles. The number of benzene rings is 1. The van der Waals surface area contributed by atoms with Crippen LogP contribution in [0.2, 0.25) is 0 Å². The summed E-state index contributed by atoms with van der Waals surface area (Å²) in [6.07, 6.45) is 2.63. The molecule has 0 bridgehead atoms. The van der Waals surface area contributed by atoms with Crippen molar-refractivity contribution < 1.29 is 14.3 Å².